The molecule has 0 atom stereocenters. The number of hydrogen-bond acceptors (Lipinski definition) is 5. The van der Waals surface area contributed by atoms with Crippen molar-refractivity contribution in [1.82, 2.24) is 15.6 Å². The summed E-state index contributed by atoms with van der Waals surface area (Å²) >= 11 is 0. The number of anilines is 1. The van der Waals surface area contributed by atoms with Crippen LogP contribution >= 0.6 is 24.0 Å². The number of pyridine rings is 1. The van der Waals surface area contributed by atoms with Crippen molar-refractivity contribution in [1.29, 1.82) is 0 Å². The molecule has 3 rings (SSSR count). The van der Waals surface area contributed by atoms with E-state index in [9.17, 15) is 0 Å². The standard InChI is InChI=1S/C22H31N5O2.HI/c1-23-22(26-16-18-7-8-19(28-2)14-20(18)29-3)25-15-17-9-10-24-21(13-17)27-11-5-4-6-12-27;/h7-10,13-14H,4-6,11-12,15-16H2,1-3H3,(H2,23,25,26);1H. The van der Waals surface area contributed by atoms with Gasteiger partial charge >= 0.3 is 0 Å². The second kappa shape index (κ2) is 12.5. The highest BCUT2D eigenvalue weighted by Gasteiger charge is 2.12. The zero-order valence-electron chi connectivity index (χ0n) is 18.0. The fourth-order valence-corrected chi connectivity index (χ4v) is 3.45. The molecule has 7 nitrogen and oxygen atoms in total. The van der Waals surface area contributed by atoms with Crippen LogP contribution in [0.15, 0.2) is 41.5 Å². The topological polar surface area (TPSA) is 71.0 Å². The molecular weight excluding hydrogens is 493 g/mol. The Morgan fingerprint density at radius 3 is 2.50 bits per heavy atom. The van der Waals surface area contributed by atoms with Gasteiger partial charge < -0.3 is 25.0 Å². The molecule has 2 aromatic rings. The van der Waals surface area contributed by atoms with E-state index in [1.54, 1.807) is 21.3 Å². The molecule has 8 heteroatoms. The molecule has 0 bridgehead atoms. The molecule has 0 spiro atoms. The van der Waals surface area contributed by atoms with Gasteiger partial charge in [-0.2, -0.15) is 0 Å². The first-order valence-corrected chi connectivity index (χ1v) is 10.1. The predicted molar refractivity (Wildman–Crippen MR) is 132 cm³/mol. The number of nitrogens with one attached hydrogen (secondary N) is 2. The van der Waals surface area contributed by atoms with E-state index in [0.717, 1.165) is 41.9 Å². The fraction of sp³-hybridized carbons (Fsp3) is 0.455. The number of nitrogens with zero attached hydrogens (tertiary/aromatic N) is 3. The normalized spacial score (nSPS) is 14.0. The van der Waals surface area contributed by atoms with Crippen LogP contribution in [0.1, 0.15) is 30.4 Å². The van der Waals surface area contributed by atoms with Crippen molar-refractivity contribution < 1.29 is 9.47 Å². The minimum Gasteiger partial charge on any atom is -0.497 e. The number of ether oxygens (including phenoxy) is 2. The molecule has 1 fully saturated rings. The molecule has 0 saturated carbocycles. The molecule has 2 heterocycles. The molecular formula is C22H32IN5O2. The Hall–Kier alpha value is -2.23. The smallest absolute Gasteiger partial charge is 0.191 e. The number of halogens is 1. The summed E-state index contributed by atoms with van der Waals surface area (Å²) in [4.78, 5) is 11.2. The predicted octanol–water partition coefficient (Wildman–Crippen LogP) is 3.57. The maximum absolute atomic E-state index is 5.46. The molecule has 0 radical (unpaired) electrons. The number of piperidine rings is 1. The van der Waals surface area contributed by atoms with Gasteiger partial charge in [0.1, 0.15) is 17.3 Å². The molecule has 1 aliphatic rings. The molecule has 1 saturated heterocycles. The van der Waals surface area contributed by atoms with Crippen molar-refractivity contribution in [2.45, 2.75) is 32.4 Å². The summed E-state index contributed by atoms with van der Waals surface area (Å²) in [5.41, 5.74) is 2.22. The highest BCUT2D eigenvalue weighted by Crippen LogP contribution is 2.24. The van der Waals surface area contributed by atoms with Crippen LogP contribution in [0, 0.1) is 0 Å². The zero-order valence-corrected chi connectivity index (χ0v) is 20.3. The van der Waals surface area contributed by atoms with Gasteiger partial charge in [-0.1, -0.05) is 0 Å². The van der Waals surface area contributed by atoms with E-state index in [1.807, 2.05) is 30.5 Å². The van der Waals surface area contributed by atoms with Crippen LogP contribution < -0.4 is 25.0 Å². The Bertz CT molecular complexity index is 825. The van der Waals surface area contributed by atoms with Crippen molar-refractivity contribution in [2.24, 2.45) is 4.99 Å². The Balaban J connectivity index is 0.00000320. The number of aliphatic imine (C=N–C) groups is 1. The highest BCUT2D eigenvalue weighted by atomic mass is 127. The lowest BCUT2D eigenvalue weighted by molar-refractivity contribution is 0.390. The number of guanidine groups is 1. The van der Waals surface area contributed by atoms with E-state index in [4.69, 9.17) is 9.47 Å². The Morgan fingerprint density at radius 1 is 1.03 bits per heavy atom. The van der Waals surface area contributed by atoms with E-state index in [0.29, 0.717) is 13.1 Å². The number of aromatic nitrogens is 1. The first-order chi connectivity index (χ1) is 14.2. The van der Waals surface area contributed by atoms with E-state index in [-0.39, 0.29) is 24.0 Å². The summed E-state index contributed by atoms with van der Waals surface area (Å²) < 4.78 is 10.7. The monoisotopic (exact) mass is 525 g/mol. The third-order valence-electron chi connectivity index (χ3n) is 5.11. The lowest BCUT2D eigenvalue weighted by atomic mass is 10.1. The van der Waals surface area contributed by atoms with Gasteiger partial charge in [-0.15, -0.1) is 24.0 Å². The third-order valence-corrected chi connectivity index (χ3v) is 5.11. The van der Waals surface area contributed by atoms with Crippen LogP contribution in [-0.4, -0.2) is 45.3 Å². The van der Waals surface area contributed by atoms with Crippen molar-refractivity contribution in [2.75, 3.05) is 39.3 Å². The Morgan fingerprint density at radius 2 is 1.80 bits per heavy atom. The Labute approximate surface area is 196 Å². The fourth-order valence-electron chi connectivity index (χ4n) is 3.45. The molecule has 0 amide bonds. The molecule has 30 heavy (non-hydrogen) atoms. The van der Waals surface area contributed by atoms with Crippen LogP contribution in [0.3, 0.4) is 0 Å². The van der Waals surface area contributed by atoms with Crippen molar-refractivity contribution in [3.05, 3.63) is 47.7 Å². The molecule has 0 aliphatic carbocycles. The number of hydrogen-bond donors (Lipinski definition) is 2. The maximum Gasteiger partial charge on any atom is 0.191 e. The minimum atomic E-state index is 0. The van der Waals surface area contributed by atoms with E-state index >= 15 is 0 Å². The summed E-state index contributed by atoms with van der Waals surface area (Å²) in [5, 5.41) is 6.71. The van der Waals surface area contributed by atoms with E-state index < -0.39 is 0 Å². The molecule has 1 aliphatic heterocycles. The lowest BCUT2D eigenvalue weighted by Gasteiger charge is -2.28. The minimum absolute atomic E-state index is 0. The van der Waals surface area contributed by atoms with Crippen molar-refractivity contribution in [3.8, 4) is 11.5 Å². The van der Waals surface area contributed by atoms with Gasteiger partial charge in [-0.3, -0.25) is 4.99 Å². The van der Waals surface area contributed by atoms with Gasteiger partial charge in [0, 0.05) is 51.1 Å². The average Bonchev–Trinajstić information content (AvgIpc) is 2.80. The van der Waals surface area contributed by atoms with Crippen LogP contribution in [0.2, 0.25) is 0 Å². The second-order valence-electron chi connectivity index (χ2n) is 7.03. The maximum atomic E-state index is 5.46. The van der Waals surface area contributed by atoms with Gasteiger partial charge in [-0.05, 0) is 49.1 Å². The average molecular weight is 525 g/mol. The second-order valence-corrected chi connectivity index (χ2v) is 7.03. The van der Waals surface area contributed by atoms with Crippen LogP contribution in [-0.2, 0) is 13.1 Å². The van der Waals surface area contributed by atoms with Gasteiger partial charge in [0.05, 0.1) is 14.2 Å². The molecule has 2 N–H and O–H groups in total. The van der Waals surface area contributed by atoms with E-state index in [2.05, 4.69) is 31.6 Å². The quantitative estimate of drug-likeness (QED) is 0.327. The zero-order chi connectivity index (χ0) is 20.5. The summed E-state index contributed by atoms with van der Waals surface area (Å²) in [5.74, 6) is 3.36. The summed E-state index contributed by atoms with van der Waals surface area (Å²) in [6, 6.07) is 10.0. The number of benzene rings is 1. The van der Waals surface area contributed by atoms with Crippen LogP contribution in [0.4, 0.5) is 5.82 Å². The summed E-state index contributed by atoms with van der Waals surface area (Å²) in [7, 11) is 5.08. The SMILES string of the molecule is CN=C(NCc1ccnc(N2CCCCC2)c1)NCc1ccc(OC)cc1OC.I. The lowest BCUT2D eigenvalue weighted by Crippen LogP contribution is -2.36. The van der Waals surface area contributed by atoms with Crippen molar-refractivity contribution >= 4 is 35.8 Å². The van der Waals surface area contributed by atoms with Gasteiger partial charge in [0.15, 0.2) is 5.96 Å². The summed E-state index contributed by atoms with van der Waals surface area (Å²) in [6.07, 6.45) is 5.70. The Kier molecular flexibility index (Phi) is 9.99. The molecule has 164 valence electrons. The van der Waals surface area contributed by atoms with Crippen molar-refractivity contribution in [3.63, 3.8) is 0 Å². The largest absolute Gasteiger partial charge is 0.497 e. The van der Waals surface area contributed by atoms with Gasteiger partial charge in [0.25, 0.3) is 0 Å². The first-order valence-electron chi connectivity index (χ1n) is 10.1. The molecule has 1 aromatic heterocycles. The first kappa shape index (κ1) is 24.0. The molecule has 0 unspecified atom stereocenters. The highest BCUT2D eigenvalue weighted by molar-refractivity contribution is 14.0. The van der Waals surface area contributed by atoms with Crippen LogP contribution in [0.25, 0.3) is 0 Å². The number of rotatable bonds is 7. The number of methoxy groups -OCH3 is 2. The summed E-state index contributed by atoms with van der Waals surface area (Å²) in [6.45, 7) is 3.47. The van der Waals surface area contributed by atoms with Crippen LogP contribution in [0.5, 0.6) is 11.5 Å². The van der Waals surface area contributed by atoms with Gasteiger partial charge in [-0.25, -0.2) is 4.98 Å². The third kappa shape index (κ3) is 6.65. The van der Waals surface area contributed by atoms with E-state index in [1.165, 1.54) is 24.8 Å². The van der Waals surface area contributed by atoms with Gasteiger partial charge in [0.2, 0.25) is 0 Å². The molecule has 1 aromatic carbocycles.